The number of aromatic nitrogens is 1. The second-order valence-corrected chi connectivity index (χ2v) is 8.01. The lowest BCUT2D eigenvalue weighted by molar-refractivity contribution is 0.102. The van der Waals surface area contributed by atoms with Gasteiger partial charge in [-0.3, -0.25) is 10.1 Å². The number of amides is 3. The van der Waals surface area contributed by atoms with E-state index >= 15 is 0 Å². The molecule has 0 saturated carbocycles. The van der Waals surface area contributed by atoms with Gasteiger partial charge >= 0.3 is 6.03 Å². The Labute approximate surface area is 178 Å². The van der Waals surface area contributed by atoms with E-state index in [-0.39, 0.29) is 11.9 Å². The van der Waals surface area contributed by atoms with Gasteiger partial charge in [-0.15, -0.1) is 0 Å². The normalized spacial score (nSPS) is 10.6. The molecular formula is C23H20N4O2S. The molecule has 3 amide bonds. The first kappa shape index (κ1) is 19.6. The second-order valence-electron chi connectivity index (χ2n) is 6.98. The number of carbonyl (C=O) groups is 2. The number of nitrogens with zero attached hydrogens (tertiary/aromatic N) is 1. The summed E-state index contributed by atoms with van der Waals surface area (Å²) >= 11 is 1.35. The number of hydrogen-bond acceptors (Lipinski definition) is 4. The molecule has 0 atom stereocenters. The maximum absolute atomic E-state index is 12.4. The molecule has 0 saturated heterocycles. The molecule has 0 aliphatic carbocycles. The minimum absolute atomic E-state index is 0.208. The molecule has 0 aliphatic heterocycles. The van der Waals surface area contributed by atoms with E-state index in [1.54, 1.807) is 18.2 Å². The summed E-state index contributed by atoms with van der Waals surface area (Å²) in [6.45, 7) is 3.98. The highest BCUT2D eigenvalue weighted by atomic mass is 32.1. The SMILES string of the molecule is Cc1cc(C)cc(NC(=O)Nc2ccc3nc(NC(=O)c4ccccc4)sc3c2)c1. The number of fused-ring (bicyclic) bond motifs is 1. The van der Waals surface area contributed by atoms with Gasteiger partial charge in [-0.1, -0.05) is 35.6 Å². The largest absolute Gasteiger partial charge is 0.323 e. The molecule has 3 N–H and O–H groups in total. The van der Waals surface area contributed by atoms with E-state index in [1.807, 2.05) is 56.3 Å². The maximum atomic E-state index is 12.4. The van der Waals surface area contributed by atoms with Crippen LogP contribution in [0.1, 0.15) is 21.5 Å². The van der Waals surface area contributed by atoms with Crippen LogP contribution in [-0.2, 0) is 0 Å². The van der Waals surface area contributed by atoms with Gasteiger partial charge in [-0.05, 0) is 67.4 Å². The highest BCUT2D eigenvalue weighted by Gasteiger charge is 2.11. The van der Waals surface area contributed by atoms with Gasteiger partial charge in [-0.25, -0.2) is 9.78 Å². The van der Waals surface area contributed by atoms with Crippen molar-refractivity contribution in [3.05, 3.63) is 83.4 Å². The molecule has 0 radical (unpaired) electrons. The number of carbonyl (C=O) groups excluding carboxylic acids is 2. The van der Waals surface area contributed by atoms with Crippen LogP contribution in [0.5, 0.6) is 0 Å². The molecule has 0 aliphatic rings. The van der Waals surface area contributed by atoms with Gasteiger partial charge in [-0.2, -0.15) is 0 Å². The third kappa shape index (κ3) is 4.64. The van der Waals surface area contributed by atoms with Crippen LogP contribution in [-0.4, -0.2) is 16.9 Å². The van der Waals surface area contributed by atoms with Crippen molar-refractivity contribution >= 4 is 50.0 Å². The fourth-order valence-electron chi connectivity index (χ4n) is 3.15. The summed E-state index contributed by atoms with van der Waals surface area (Å²) in [5.41, 5.74) is 4.89. The van der Waals surface area contributed by atoms with Crippen LogP contribution >= 0.6 is 11.3 Å². The fourth-order valence-corrected chi connectivity index (χ4v) is 4.06. The first-order chi connectivity index (χ1) is 14.5. The zero-order valence-electron chi connectivity index (χ0n) is 16.5. The zero-order chi connectivity index (χ0) is 21.1. The fraction of sp³-hybridized carbons (Fsp3) is 0.0870. The van der Waals surface area contributed by atoms with Gasteiger partial charge in [0.25, 0.3) is 5.91 Å². The molecule has 150 valence electrons. The van der Waals surface area contributed by atoms with Crippen molar-refractivity contribution in [3.63, 3.8) is 0 Å². The van der Waals surface area contributed by atoms with Crippen molar-refractivity contribution in [2.75, 3.05) is 16.0 Å². The summed E-state index contributed by atoms with van der Waals surface area (Å²) in [5.74, 6) is -0.208. The van der Waals surface area contributed by atoms with E-state index in [2.05, 4.69) is 27.0 Å². The third-order valence-electron chi connectivity index (χ3n) is 4.38. The Bertz CT molecular complexity index is 1210. The molecule has 4 aromatic rings. The van der Waals surface area contributed by atoms with Crippen molar-refractivity contribution in [2.24, 2.45) is 0 Å². The number of hydrogen-bond donors (Lipinski definition) is 3. The number of rotatable bonds is 4. The van der Waals surface area contributed by atoms with Gasteiger partial charge < -0.3 is 10.6 Å². The highest BCUT2D eigenvalue weighted by molar-refractivity contribution is 7.22. The molecular weight excluding hydrogens is 396 g/mol. The van der Waals surface area contributed by atoms with Gasteiger partial charge in [0.15, 0.2) is 5.13 Å². The van der Waals surface area contributed by atoms with Gasteiger partial charge in [0.1, 0.15) is 0 Å². The minimum atomic E-state index is -0.318. The van der Waals surface area contributed by atoms with E-state index in [0.717, 1.165) is 27.0 Å². The molecule has 30 heavy (non-hydrogen) atoms. The molecule has 0 unspecified atom stereocenters. The molecule has 4 rings (SSSR count). The monoisotopic (exact) mass is 416 g/mol. The van der Waals surface area contributed by atoms with E-state index in [4.69, 9.17) is 0 Å². The number of aryl methyl sites for hydroxylation is 2. The van der Waals surface area contributed by atoms with E-state index in [1.165, 1.54) is 11.3 Å². The average Bonchev–Trinajstić information content (AvgIpc) is 3.09. The van der Waals surface area contributed by atoms with Gasteiger partial charge in [0, 0.05) is 16.9 Å². The van der Waals surface area contributed by atoms with Crippen molar-refractivity contribution in [1.29, 1.82) is 0 Å². The zero-order valence-corrected chi connectivity index (χ0v) is 17.3. The number of urea groups is 1. The van der Waals surface area contributed by atoms with E-state index in [9.17, 15) is 9.59 Å². The predicted octanol–water partition coefficient (Wildman–Crippen LogP) is 5.81. The van der Waals surface area contributed by atoms with E-state index in [0.29, 0.717) is 16.4 Å². The standard InChI is InChI=1S/C23H20N4O2S/c1-14-10-15(2)12-18(11-14)25-22(29)24-17-8-9-19-20(13-17)30-23(26-19)27-21(28)16-6-4-3-5-7-16/h3-13H,1-2H3,(H2,24,25,29)(H,26,27,28). The molecule has 6 nitrogen and oxygen atoms in total. The first-order valence-electron chi connectivity index (χ1n) is 9.39. The maximum Gasteiger partial charge on any atom is 0.323 e. The topological polar surface area (TPSA) is 83.1 Å². The lowest BCUT2D eigenvalue weighted by atomic mass is 10.1. The van der Waals surface area contributed by atoms with Crippen LogP contribution in [0, 0.1) is 13.8 Å². The van der Waals surface area contributed by atoms with Gasteiger partial charge in [0.05, 0.1) is 10.2 Å². The van der Waals surface area contributed by atoms with Crippen molar-refractivity contribution in [2.45, 2.75) is 13.8 Å². The Morgan fingerprint density at radius 1 is 0.800 bits per heavy atom. The Kier molecular flexibility index (Phi) is 5.45. The molecule has 7 heteroatoms. The Hall–Kier alpha value is -3.71. The molecule has 3 aromatic carbocycles. The minimum Gasteiger partial charge on any atom is -0.308 e. The first-order valence-corrected chi connectivity index (χ1v) is 10.2. The van der Waals surface area contributed by atoms with Crippen LogP contribution < -0.4 is 16.0 Å². The molecule has 0 spiro atoms. The summed E-state index contributed by atoms with van der Waals surface area (Å²) in [6, 6.07) is 20.0. The quantitative estimate of drug-likeness (QED) is 0.393. The molecule has 1 aromatic heterocycles. The number of anilines is 3. The molecule has 0 fully saturated rings. The summed E-state index contributed by atoms with van der Waals surface area (Å²) in [7, 11) is 0. The van der Waals surface area contributed by atoms with Crippen molar-refractivity contribution < 1.29 is 9.59 Å². The lowest BCUT2D eigenvalue weighted by Crippen LogP contribution is -2.19. The number of thiazole rings is 1. The molecule has 0 bridgehead atoms. The Morgan fingerprint density at radius 3 is 2.23 bits per heavy atom. The van der Waals surface area contributed by atoms with Crippen LogP contribution in [0.25, 0.3) is 10.2 Å². The molecule has 1 heterocycles. The number of nitrogens with one attached hydrogen (secondary N) is 3. The van der Waals surface area contributed by atoms with Crippen LogP contribution in [0.3, 0.4) is 0 Å². The summed E-state index contributed by atoms with van der Waals surface area (Å²) in [6.07, 6.45) is 0. The summed E-state index contributed by atoms with van der Waals surface area (Å²) < 4.78 is 0.863. The summed E-state index contributed by atoms with van der Waals surface area (Å²) in [4.78, 5) is 29.1. The van der Waals surface area contributed by atoms with Crippen molar-refractivity contribution in [3.8, 4) is 0 Å². The Balaban J connectivity index is 1.45. The third-order valence-corrected chi connectivity index (χ3v) is 5.32. The highest BCUT2D eigenvalue weighted by Crippen LogP contribution is 2.29. The Morgan fingerprint density at radius 2 is 1.50 bits per heavy atom. The van der Waals surface area contributed by atoms with Crippen molar-refractivity contribution in [1.82, 2.24) is 4.98 Å². The number of benzene rings is 3. The van der Waals surface area contributed by atoms with Crippen LogP contribution in [0.2, 0.25) is 0 Å². The van der Waals surface area contributed by atoms with E-state index < -0.39 is 0 Å². The van der Waals surface area contributed by atoms with Crippen LogP contribution in [0.4, 0.5) is 21.3 Å². The van der Waals surface area contributed by atoms with Gasteiger partial charge in [0.2, 0.25) is 0 Å². The average molecular weight is 417 g/mol. The summed E-state index contributed by atoms with van der Waals surface area (Å²) in [5, 5.41) is 9.02. The lowest BCUT2D eigenvalue weighted by Gasteiger charge is -2.09. The second kappa shape index (κ2) is 8.34. The predicted molar refractivity (Wildman–Crippen MR) is 123 cm³/mol. The van der Waals surface area contributed by atoms with Crippen LogP contribution in [0.15, 0.2) is 66.7 Å². The smallest absolute Gasteiger partial charge is 0.308 e.